The molecule has 0 amide bonds. The molecule has 0 radical (unpaired) electrons. The molecule has 0 heterocycles. The fourth-order valence-corrected chi connectivity index (χ4v) is 1.72. The summed E-state index contributed by atoms with van der Waals surface area (Å²) in [6, 6.07) is 10.4. The molecule has 1 N–H and O–H groups in total. The number of rotatable bonds is 1. The third-order valence-corrected chi connectivity index (χ3v) is 2.43. The smallest absolute Gasteiger partial charge is 0.0136 e. The van der Waals surface area contributed by atoms with Gasteiger partial charge in [0.25, 0.3) is 0 Å². The Bertz CT molecular complexity index is 324. The molecular formula is C12H13N. The maximum atomic E-state index is 7.62. The van der Waals surface area contributed by atoms with Crippen molar-refractivity contribution in [2.45, 2.75) is 18.8 Å². The Morgan fingerprint density at radius 1 is 1.15 bits per heavy atom. The Labute approximate surface area is 78.6 Å². The highest BCUT2D eigenvalue weighted by atomic mass is 14.4. The first-order valence-corrected chi connectivity index (χ1v) is 4.64. The highest BCUT2D eigenvalue weighted by Crippen LogP contribution is 2.25. The van der Waals surface area contributed by atoms with E-state index in [0.29, 0.717) is 5.92 Å². The minimum absolute atomic E-state index is 0.433. The maximum Gasteiger partial charge on any atom is 0.0136 e. The summed E-state index contributed by atoms with van der Waals surface area (Å²) >= 11 is 0. The fraction of sp³-hybridized carbons (Fsp3) is 0.250. The Hall–Kier alpha value is -1.37. The topological polar surface area (TPSA) is 23.9 Å². The summed E-state index contributed by atoms with van der Waals surface area (Å²) in [5.74, 6) is 0.433. The van der Waals surface area contributed by atoms with Gasteiger partial charge in [0.05, 0.1) is 0 Å². The van der Waals surface area contributed by atoms with Crippen LogP contribution in [-0.4, -0.2) is 5.71 Å². The van der Waals surface area contributed by atoms with Crippen LogP contribution in [0.3, 0.4) is 0 Å². The van der Waals surface area contributed by atoms with Crippen molar-refractivity contribution >= 4 is 5.71 Å². The Morgan fingerprint density at radius 2 is 1.92 bits per heavy atom. The average Bonchev–Trinajstić information content (AvgIpc) is 2.19. The van der Waals surface area contributed by atoms with Crippen molar-refractivity contribution in [2.24, 2.45) is 0 Å². The van der Waals surface area contributed by atoms with E-state index in [1.165, 1.54) is 5.56 Å². The molecule has 1 aromatic carbocycles. The van der Waals surface area contributed by atoms with Gasteiger partial charge in [0, 0.05) is 18.1 Å². The van der Waals surface area contributed by atoms with E-state index in [1.54, 1.807) is 0 Å². The second kappa shape index (κ2) is 3.56. The van der Waals surface area contributed by atoms with Crippen LogP contribution in [0.15, 0.2) is 42.5 Å². The van der Waals surface area contributed by atoms with E-state index < -0.39 is 0 Å². The van der Waals surface area contributed by atoms with Crippen molar-refractivity contribution in [1.29, 1.82) is 5.41 Å². The number of allylic oxidation sites excluding steroid dienone is 2. The Morgan fingerprint density at radius 3 is 2.62 bits per heavy atom. The molecule has 0 saturated carbocycles. The van der Waals surface area contributed by atoms with Crippen molar-refractivity contribution in [1.82, 2.24) is 0 Å². The monoisotopic (exact) mass is 171 g/mol. The largest absolute Gasteiger partial charge is 0.309 e. The predicted octanol–water partition coefficient (Wildman–Crippen LogP) is 3.14. The lowest BCUT2D eigenvalue weighted by Crippen LogP contribution is -2.07. The number of hydrogen-bond donors (Lipinski definition) is 1. The van der Waals surface area contributed by atoms with Gasteiger partial charge in [-0.15, -0.1) is 0 Å². The van der Waals surface area contributed by atoms with Crippen LogP contribution in [0.2, 0.25) is 0 Å². The summed E-state index contributed by atoms with van der Waals surface area (Å²) in [4.78, 5) is 0. The minimum Gasteiger partial charge on any atom is -0.309 e. The third-order valence-electron chi connectivity index (χ3n) is 2.43. The van der Waals surface area contributed by atoms with Crippen molar-refractivity contribution in [3.8, 4) is 0 Å². The lowest BCUT2D eigenvalue weighted by Gasteiger charge is -2.17. The lowest BCUT2D eigenvalue weighted by atomic mass is 9.88. The molecule has 0 bridgehead atoms. The van der Waals surface area contributed by atoms with Crippen molar-refractivity contribution in [3.63, 3.8) is 0 Å². The molecule has 2 rings (SSSR count). The zero-order valence-corrected chi connectivity index (χ0v) is 7.53. The molecule has 0 aliphatic heterocycles. The Kier molecular flexibility index (Phi) is 2.26. The van der Waals surface area contributed by atoms with Crippen LogP contribution >= 0.6 is 0 Å². The standard InChI is InChI=1S/C12H13N/c13-12-8-4-7-11(9-12)10-5-2-1-3-6-10/h1-7,11,13H,8-9H2. The van der Waals surface area contributed by atoms with Crippen LogP contribution in [0.25, 0.3) is 0 Å². The highest BCUT2D eigenvalue weighted by Gasteiger charge is 2.13. The molecule has 0 saturated heterocycles. The van der Waals surface area contributed by atoms with Gasteiger partial charge in [-0.3, -0.25) is 0 Å². The van der Waals surface area contributed by atoms with E-state index in [1.807, 2.05) is 6.07 Å². The molecule has 1 aliphatic rings. The summed E-state index contributed by atoms with van der Waals surface area (Å²) in [6.07, 6.45) is 6.04. The molecular weight excluding hydrogens is 158 g/mol. The third kappa shape index (κ3) is 1.86. The molecule has 1 aliphatic carbocycles. The quantitative estimate of drug-likeness (QED) is 0.628. The average molecular weight is 171 g/mol. The van der Waals surface area contributed by atoms with Crippen LogP contribution in [0.1, 0.15) is 24.3 Å². The van der Waals surface area contributed by atoms with Gasteiger partial charge in [-0.1, -0.05) is 42.5 Å². The first kappa shape index (κ1) is 8.24. The van der Waals surface area contributed by atoms with Gasteiger partial charge in [0.1, 0.15) is 0 Å². The number of nitrogens with one attached hydrogen (secondary N) is 1. The molecule has 1 nitrogen and oxygen atoms in total. The van der Waals surface area contributed by atoms with Gasteiger partial charge in [-0.25, -0.2) is 0 Å². The van der Waals surface area contributed by atoms with Crippen LogP contribution in [0.5, 0.6) is 0 Å². The van der Waals surface area contributed by atoms with Gasteiger partial charge in [0.15, 0.2) is 0 Å². The first-order chi connectivity index (χ1) is 6.36. The van der Waals surface area contributed by atoms with Crippen molar-refractivity contribution < 1.29 is 0 Å². The van der Waals surface area contributed by atoms with Gasteiger partial charge in [-0.2, -0.15) is 0 Å². The van der Waals surface area contributed by atoms with E-state index in [-0.39, 0.29) is 0 Å². The molecule has 0 fully saturated rings. The van der Waals surface area contributed by atoms with Crippen LogP contribution < -0.4 is 0 Å². The van der Waals surface area contributed by atoms with Gasteiger partial charge in [-0.05, 0) is 12.0 Å². The molecule has 1 unspecified atom stereocenters. The van der Waals surface area contributed by atoms with Crippen molar-refractivity contribution in [2.75, 3.05) is 0 Å². The number of hydrogen-bond acceptors (Lipinski definition) is 1. The number of benzene rings is 1. The molecule has 66 valence electrons. The summed E-state index contributed by atoms with van der Waals surface area (Å²) in [5.41, 5.74) is 2.17. The summed E-state index contributed by atoms with van der Waals surface area (Å²) in [5, 5.41) is 7.62. The van der Waals surface area contributed by atoms with E-state index in [9.17, 15) is 0 Å². The predicted molar refractivity (Wildman–Crippen MR) is 55.3 cm³/mol. The maximum absolute atomic E-state index is 7.62. The van der Waals surface area contributed by atoms with Gasteiger partial charge >= 0.3 is 0 Å². The second-order valence-corrected chi connectivity index (χ2v) is 3.46. The first-order valence-electron chi connectivity index (χ1n) is 4.64. The van der Waals surface area contributed by atoms with Crippen molar-refractivity contribution in [3.05, 3.63) is 48.0 Å². The summed E-state index contributed by atoms with van der Waals surface area (Å²) < 4.78 is 0. The van der Waals surface area contributed by atoms with Crippen LogP contribution in [0.4, 0.5) is 0 Å². The minimum atomic E-state index is 0.433. The van der Waals surface area contributed by atoms with Crippen LogP contribution in [0, 0.1) is 5.41 Å². The van der Waals surface area contributed by atoms with E-state index in [0.717, 1.165) is 18.6 Å². The highest BCUT2D eigenvalue weighted by molar-refractivity contribution is 5.84. The zero-order chi connectivity index (χ0) is 9.10. The molecule has 1 atom stereocenters. The SMILES string of the molecule is N=C1CC=CC(c2ccccc2)C1. The lowest BCUT2D eigenvalue weighted by molar-refractivity contribution is 0.854. The molecule has 0 spiro atoms. The van der Waals surface area contributed by atoms with E-state index in [4.69, 9.17) is 5.41 Å². The molecule has 13 heavy (non-hydrogen) atoms. The zero-order valence-electron chi connectivity index (χ0n) is 7.53. The Balaban J connectivity index is 2.22. The van der Waals surface area contributed by atoms with Gasteiger partial charge < -0.3 is 5.41 Å². The fourth-order valence-electron chi connectivity index (χ4n) is 1.72. The molecule has 1 heteroatoms. The normalized spacial score (nSPS) is 21.8. The summed E-state index contributed by atoms with van der Waals surface area (Å²) in [6.45, 7) is 0. The second-order valence-electron chi connectivity index (χ2n) is 3.46. The molecule has 1 aromatic rings. The van der Waals surface area contributed by atoms with E-state index >= 15 is 0 Å². The molecule has 0 aromatic heterocycles. The van der Waals surface area contributed by atoms with Crippen LogP contribution in [-0.2, 0) is 0 Å². The van der Waals surface area contributed by atoms with Gasteiger partial charge in [0.2, 0.25) is 0 Å². The van der Waals surface area contributed by atoms with E-state index in [2.05, 4.69) is 36.4 Å². The summed E-state index contributed by atoms with van der Waals surface area (Å²) in [7, 11) is 0.